The van der Waals surface area contributed by atoms with Gasteiger partial charge in [0.25, 0.3) is 0 Å². The Bertz CT molecular complexity index is 188. The summed E-state index contributed by atoms with van der Waals surface area (Å²) in [5.41, 5.74) is 0. The standard InChI is InChI=1S/C6H12N2O5P/c1-10-7-3-5-12-14(9)13-6-4-8-11-2/h3-4H,5-6H2,1-2H3/q+1. The number of hydrogen-bond donors (Lipinski definition) is 0. The van der Waals surface area contributed by atoms with Gasteiger partial charge in [0.1, 0.15) is 27.4 Å². The summed E-state index contributed by atoms with van der Waals surface area (Å²) in [6.07, 6.45) is 2.64. The summed E-state index contributed by atoms with van der Waals surface area (Å²) in [5.74, 6) is 0. The van der Waals surface area contributed by atoms with Gasteiger partial charge in [0.05, 0.1) is 12.4 Å². The van der Waals surface area contributed by atoms with Crippen LogP contribution in [-0.2, 0) is 23.3 Å². The molecule has 7 nitrogen and oxygen atoms in total. The molecule has 0 aromatic heterocycles. The van der Waals surface area contributed by atoms with Crippen molar-refractivity contribution in [1.29, 1.82) is 0 Å². The molecule has 0 fully saturated rings. The fourth-order valence-corrected chi connectivity index (χ4v) is 0.887. The average Bonchev–Trinajstić information content (AvgIpc) is 2.19. The predicted molar refractivity (Wildman–Crippen MR) is 50.5 cm³/mol. The van der Waals surface area contributed by atoms with Crippen molar-refractivity contribution >= 4 is 20.7 Å². The van der Waals surface area contributed by atoms with E-state index in [1.807, 2.05) is 0 Å². The zero-order valence-corrected chi connectivity index (χ0v) is 8.85. The fourth-order valence-electron chi connectivity index (χ4n) is 0.436. The lowest BCUT2D eigenvalue weighted by molar-refractivity contribution is 0.208. The lowest BCUT2D eigenvalue weighted by atomic mass is 10.8. The molecule has 0 amide bonds. The zero-order valence-electron chi connectivity index (χ0n) is 7.95. The smallest absolute Gasteiger partial charge is 0.399 e. The van der Waals surface area contributed by atoms with Crippen LogP contribution in [0.25, 0.3) is 0 Å². The van der Waals surface area contributed by atoms with Crippen LogP contribution in [0.1, 0.15) is 0 Å². The molecule has 0 saturated heterocycles. The average molecular weight is 223 g/mol. The maximum atomic E-state index is 10.9. The third-order valence-electron chi connectivity index (χ3n) is 0.869. The highest BCUT2D eigenvalue weighted by molar-refractivity contribution is 7.33. The van der Waals surface area contributed by atoms with E-state index in [4.69, 9.17) is 0 Å². The van der Waals surface area contributed by atoms with Crippen LogP contribution in [0.4, 0.5) is 0 Å². The largest absolute Gasteiger partial charge is 0.698 e. The Balaban J connectivity index is 3.37. The van der Waals surface area contributed by atoms with Crippen LogP contribution in [0.3, 0.4) is 0 Å². The van der Waals surface area contributed by atoms with E-state index in [-0.39, 0.29) is 13.2 Å². The first-order valence-electron chi connectivity index (χ1n) is 3.64. The second kappa shape index (κ2) is 10.0. The Hall–Kier alpha value is -1.04. The van der Waals surface area contributed by atoms with Crippen molar-refractivity contribution in [2.45, 2.75) is 0 Å². The lowest BCUT2D eigenvalue weighted by Gasteiger charge is -1.85. The second-order valence-electron chi connectivity index (χ2n) is 1.76. The molecule has 0 bridgehead atoms. The summed E-state index contributed by atoms with van der Waals surface area (Å²) >= 11 is 0. The van der Waals surface area contributed by atoms with Crippen LogP contribution in [0, 0.1) is 0 Å². The summed E-state index contributed by atoms with van der Waals surface area (Å²) in [7, 11) is 0.637. The van der Waals surface area contributed by atoms with Crippen molar-refractivity contribution in [3.63, 3.8) is 0 Å². The molecule has 0 aliphatic rings. The van der Waals surface area contributed by atoms with Crippen molar-refractivity contribution < 1.29 is 23.3 Å². The Morgan fingerprint density at radius 3 is 1.86 bits per heavy atom. The summed E-state index contributed by atoms with van der Waals surface area (Å²) in [5, 5.41) is 6.75. The van der Waals surface area contributed by atoms with Gasteiger partial charge in [-0.25, -0.2) is 0 Å². The molecule has 8 heteroatoms. The van der Waals surface area contributed by atoms with E-state index in [9.17, 15) is 4.57 Å². The van der Waals surface area contributed by atoms with E-state index in [0.717, 1.165) is 0 Å². The molecule has 0 N–H and O–H groups in total. The SMILES string of the molecule is CON=CCO[P+](=O)OCC=NOC. The molecular weight excluding hydrogens is 211 g/mol. The van der Waals surface area contributed by atoms with Crippen LogP contribution in [-0.4, -0.2) is 39.9 Å². The molecule has 0 atom stereocenters. The minimum Gasteiger partial charge on any atom is -0.399 e. The van der Waals surface area contributed by atoms with Gasteiger partial charge in [-0.05, 0) is 0 Å². The lowest BCUT2D eigenvalue weighted by Crippen LogP contribution is -1.93. The van der Waals surface area contributed by atoms with Gasteiger partial charge in [-0.1, -0.05) is 10.3 Å². The minimum absolute atomic E-state index is 0.0600. The summed E-state index contributed by atoms with van der Waals surface area (Å²) in [4.78, 5) is 8.71. The summed E-state index contributed by atoms with van der Waals surface area (Å²) in [6.45, 7) is 0.120. The van der Waals surface area contributed by atoms with Gasteiger partial charge < -0.3 is 9.68 Å². The molecule has 0 aromatic rings. The minimum atomic E-state index is -2.16. The quantitative estimate of drug-likeness (QED) is 0.347. The third kappa shape index (κ3) is 9.05. The molecule has 14 heavy (non-hydrogen) atoms. The highest BCUT2D eigenvalue weighted by atomic mass is 31.1. The summed E-state index contributed by atoms with van der Waals surface area (Å²) < 4.78 is 20.2. The molecule has 0 aliphatic carbocycles. The molecular formula is C6H12N2O5P+. The molecule has 0 aromatic carbocycles. The van der Waals surface area contributed by atoms with Crippen LogP contribution in [0.5, 0.6) is 0 Å². The number of nitrogens with zero attached hydrogens (tertiary/aromatic N) is 2. The molecule has 80 valence electrons. The van der Waals surface area contributed by atoms with E-state index < -0.39 is 8.25 Å². The van der Waals surface area contributed by atoms with Gasteiger partial charge in [0.15, 0.2) is 0 Å². The van der Waals surface area contributed by atoms with Crippen LogP contribution >= 0.6 is 8.25 Å². The first-order valence-corrected chi connectivity index (χ1v) is 4.74. The zero-order chi connectivity index (χ0) is 10.6. The molecule has 0 saturated carbocycles. The number of hydrogen-bond acceptors (Lipinski definition) is 7. The maximum Gasteiger partial charge on any atom is 0.698 e. The third-order valence-corrected chi connectivity index (χ3v) is 1.59. The van der Waals surface area contributed by atoms with Crippen LogP contribution in [0.15, 0.2) is 10.3 Å². The first kappa shape index (κ1) is 13.0. The van der Waals surface area contributed by atoms with Gasteiger partial charge in [0.2, 0.25) is 0 Å². The van der Waals surface area contributed by atoms with Gasteiger partial charge in [-0.3, -0.25) is 0 Å². The predicted octanol–water partition coefficient (Wildman–Crippen LogP) is 0.941. The van der Waals surface area contributed by atoms with Gasteiger partial charge in [-0.15, -0.1) is 9.05 Å². The van der Waals surface area contributed by atoms with Gasteiger partial charge in [0, 0.05) is 4.57 Å². The summed E-state index contributed by atoms with van der Waals surface area (Å²) in [6, 6.07) is 0. The first-order chi connectivity index (χ1) is 6.81. The Morgan fingerprint density at radius 2 is 1.50 bits per heavy atom. The van der Waals surface area contributed by atoms with Crippen molar-refractivity contribution in [3.05, 3.63) is 0 Å². The highest BCUT2D eigenvalue weighted by Crippen LogP contribution is 2.21. The van der Waals surface area contributed by atoms with Crippen LogP contribution < -0.4 is 0 Å². The Morgan fingerprint density at radius 1 is 1.07 bits per heavy atom. The number of rotatable bonds is 8. The van der Waals surface area contributed by atoms with E-state index in [0.29, 0.717) is 0 Å². The highest BCUT2D eigenvalue weighted by Gasteiger charge is 2.18. The molecule has 0 heterocycles. The van der Waals surface area contributed by atoms with Crippen molar-refractivity contribution in [1.82, 2.24) is 0 Å². The van der Waals surface area contributed by atoms with Crippen molar-refractivity contribution in [3.8, 4) is 0 Å². The molecule has 0 rings (SSSR count). The fraction of sp³-hybridized carbons (Fsp3) is 0.667. The van der Waals surface area contributed by atoms with Crippen molar-refractivity contribution in [2.24, 2.45) is 10.3 Å². The maximum absolute atomic E-state index is 10.9. The van der Waals surface area contributed by atoms with Crippen LogP contribution in [0.2, 0.25) is 0 Å². The Kier molecular flexibility index (Phi) is 9.30. The molecule has 0 unspecified atom stereocenters. The number of oxime groups is 2. The topological polar surface area (TPSA) is 78.7 Å². The van der Waals surface area contributed by atoms with E-state index in [1.165, 1.54) is 26.6 Å². The van der Waals surface area contributed by atoms with Gasteiger partial charge in [-0.2, -0.15) is 0 Å². The van der Waals surface area contributed by atoms with E-state index in [1.54, 1.807) is 0 Å². The molecule has 0 aliphatic heterocycles. The van der Waals surface area contributed by atoms with E-state index in [2.05, 4.69) is 29.0 Å². The molecule has 0 spiro atoms. The normalized spacial score (nSPS) is 12.3. The van der Waals surface area contributed by atoms with E-state index >= 15 is 0 Å². The monoisotopic (exact) mass is 223 g/mol. The second-order valence-corrected chi connectivity index (χ2v) is 2.72. The van der Waals surface area contributed by atoms with Crippen molar-refractivity contribution in [2.75, 3.05) is 27.4 Å². The van der Waals surface area contributed by atoms with Gasteiger partial charge >= 0.3 is 8.25 Å². The Labute approximate surface area is 82.6 Å². The molecule has 0 radical (unpaired) electrons.